The van der Waals surface area contributed by atoms with E-state index in [1.54, 1.807) is 19.3 Å². The second-order valence-electron chi connectivity index (χ2n) is 5.49. The highest BCUT2D eigenvalue weighted by Crippen LogP contribution is 2.15. The molecule has 1 saturated heterocycles. The van der Waals surface area contributed by atoms with E-state index in [0.717, 1.165) is 24.5 Å². The number of methoxy groups -OCH3 is 1. The number of hydrogen-bond acceptors (Lipinski definition) is 5. The largest absolute Gasteiger partial charge is 0.480 e. The van der Waals surface area contributed by atoms with Gasteiger partial charge in [0.25, 0.3) is 0 Å². The Labute approximate surface area is 141 Å². The van der Waals surface area contributed by atoms with E-state index in [0.29, 0.717) is 19.0 Å². The zero-order valence-electron chi connectivity index (χ0n) is 13.6. The van der Waals surface area contributed by atoms with Crippen molar-refractivity contribution in [3.8, 4) is 5.88 Å². The number of nitrogens with zero attached hydrogens (tertiary/aromatic N) is 4. The smallest absolute Gasteiger partial charge is 0.246 e. The van der Waals surface area contributed by atoms with Crippen LogP contribution in [0.15, 0.2) is 48.5 Å². The van der Waals surface area contributed by atoms with Crippen molar-refractivity contribution in [2.75, 3.05) is 38.2 Å². The van der Waals surface area contributed by atoms with Crippen LogP contribution in [0.5, 0.6) is 5.88 Å². The van der Waals surface area contributed by atoms with Gasteiger partial charge in [0, 0.05) is 38.3 Å². The van der Waals surface area contributed by atoms with Crippen molar-refractivity contribution in [3.63, 3.8) is 0 Å². The van der Waals surface area contributed by atoms with Gasteiger partial charge in [0.05, 0.1) is 7.11 Å². The molecule has 6 heteroatoms. The number of amides is 1. The topological polar surface area (TPSA) is 58.6 Å². The van der Waals surface area contributed by atoms with Crippen molar-refractivity contribution in [2.24, 2.45) is 0 Å². The third-order valence-electron chi connectivity index (χ3n) is 3.97. The Morgan fingerprint density at radius 1 is 1.04 bits per heavy atom. The first kappa shape index (κ1) is 16.0. The lowest BCUT2D eigenvalue weighted by Crippen LogP contribution is -2.48. The summed E-state index contributed by atoms with van der Waals surface area (Å²) in [5, 5.41) is 8.14. The van der Waals surface area contributed by atoms with Gasteiger partial charge < -0.3 is 14.5 Å². The van der Waals surface area contributed by atoms with E-state index < -0.39 is 0 Å². The molecule has 0 unspecified atom stereocenters. The van der Waals surface area contributed by atoms with Crippen molar-refractivity contribution < 1.29 is 9.53 Å². The van der Waals surface area contributed by atoms with E-state index >= 15 is 0 Å². The molecule has 2 heterocycles. The first-order chi connectivity index (χ1) is 11.8. The van der Waals surface area contributed by atoms with Crippen molar-refractivity contribution in [3.05, 3.63) is 54.1 Å². The van der Waals surface area contributed by atoms with Gasteiger partial charge in [-0.2, -0.15) is 0 Å². The van der Waals surface area contributed by atoms with Gasteiger partial charge in [-0.25, -0.2) is 0 Å². The summed E-state index contributed by atoms with van der Waals surface area (Å²) in [4.78, 5) is 16.3. The van der Waals surface area contributed by atoms with Crippen LogP contribution in [0.3, 0.4) is 0 Å². The van der Waals surface area contributed by atoms with Gasteiger partial charge in [-0.05, 0) is 17.7 Å². The number of anilines is 1. The minimum atomic E-state index is 0.0410. The summed E-state index contributed by atoms with van der Waals surface area (Å²) < 4.78 is 5.02. The first-order valence-corrected chi connectivity index (χ1v) is 7.91. The fraction of sp³-hybridized carbons (Fsp3) is 0.278. The van der Waals surface area contributed by atoms with Crippen molar-refractivity contribution in [1.82, 2.24) is 15.1 Å². The fourth-order valence-electron chi connectivity index (χ4n) is 2.58. The molecule has 0 bridgehead atoms. The third-order valence-corrected chi connectivity index (χ3v) is 3.97. The quantitative estimate of drug-likeness (QED) is 0.803. The summed E-state index contributed by atoms with van der Waals surface area (Å²) in [5.74, 6) is 1.35. The Balaban J connectivity index is 1.54. The number of carbonyl (C=O) groups is 1. The van der Waals surface area contributed by atoms with Gasteiger partial charge in [-0.3, -0.25) is 4.79 Å². The molecule has 0 saturated carbocycles. The van der Waals surface area contributed by atoms with Crippen LogP contribution in [0.4, 0.5) is 5.82 Å². The molecule has 0 spiro atoms. The first-order valence-electron chi connectivity index (χ1n) is 7.91. The maximum absolute atomic E-state index is 12.3. The number of rotatable bonds is 4. The fourth-order valence-corrected chi connectivity index (χ4v) is 2.58. The van der Waals surface area contributed by atoms with Crippen LogP contribution in [-0.4, -0.2) is 54.3 Å². The molecule has 1 aromatic heterocycles. The number of piperazine rings is 1. The molecule has 24 heavy (non-hydrogen) atoms. The molecule has 1 aromatic carbocycles. The summed E-state index contributed by atoms with van der Waals surface area (Å²) in [6.45, 7) is 2.83. The standard InChI is InChI=1S/C18H20N4O2/c1-24-17-9-8-16(19-20-17)21-11-13-22(14-12-21)18(23)10-7-15-5-3-2-4-6-15/h2-10H,11-14H2,1H3. The lowest BCUT2D eigenvalue weighted by Gasteiger charge is -2.34. The molecule has 1 fully saturated rings. The minimum absolute atomic E-state index is 0.0410. The maximum Gasteiger partial charge on any atom is 0.246 e. The van der Waals surface area contributed by atoms with Gasteiger partial charge in [-0.1, -0.05) is 30.3 Å². The highest BCUT2D eigenvalue weighted by atomic mass is 16.5. The Bertz CT molecular complexity index is 693. The van der Waals surface area contributed by atoms with Crippen molar-refractivity contribution >= 4 is 17.8 Å². The van der Waals surface area contributed by atoms with Gasteiger partial charge in [0.1, 0.15) is 0 Å². The molecule has 2 aromatic rings. The molecule has 3 rings (SSSR count). The molecule has 1 amide bonds. The zero-order chi connectivity index (χ0) is 16.8. The number of benzene rings is 1. The molecular formula is C18H20N4O2. The molecule has 124 valence electrons. The second kappa shape index (κ2) is 7.59. The van der Waals surface area contributed by atoms with Crippen LogP contribution >= 0.6 is 0 Å². The number of hydrogen-bond donors (Lipinski definition) is 0. The Morgan fingerprint density at radius 3 is 2.42 bits per heavy atom. The lowest BCUT2D eigenvalue weighted by molar-refractivity contribution is -0.126. The summed E-state index contributed by atoms with van der Waals surface area (Å²) in [6.07, 6.45) is 3.49. The Kier molecular flexibility index (Phi) is 5.05. The highest BCUT2D eigenvalue weighted by Gasteiger charge is 2.20. The third kappa shape index (κ3) is 3.90. The van der Waals surface area contributed by atoms with Crippen LogP contribution in [-0.2, 0) is 4.79 Å². The van der Waals surface area contributed by atoms with Crippen LogP contribution in [0, 0.1) is 0 Å². The summed E-state index contributed by atoms with van der Waals surface area (Å²) in [7, 11) is 1.57. The molecule has 1 aliphatic rings. The predicted molar refractivity (Wildman–Crippen MR) is 92.9 cm³/mol. The molecule has 6 nitrogen and oxygen atoms in total. The average molecular weight is 324 g/mol. The Morgan fingerprint density at radius 2 is 1.79 bits per heavy atom. The number of carbonyl (C=O) groups excluding carboxylic acids is 1. The maximum atomic E-state index is 12.3. The molecule has 0 atom stereocenters. The normalized spacial score (nSPS) is 14.9. The Hall–Kier alpha value is -2.89. The van der Waals surface area contributed by atoms with Crippen LogP contribution in [0.25, 0.3) is 6.08 Å². The van der Waals surface area contributed by atoms with Crippen LogP contribution < -0.4 is 9.64 Å². The van der Waals surface area contributed by atoms with Crippen molar-refractivity contribution in [2.45, 2.75) is 0 Å². The van der Waals surface area contributed by atoms with E-state index in [1.165, 1.54) is 0 Å². The summed E-state index contributed by atoms with van der Waals surface area (Å²) in [5.41, 5.74) is 1.03. The van der Waals surface area contributed by atoms with E-state index in [1.807, 2.05) is 47.4 Å². The van der Waals surface area contributed by atoms with Gasteiger partial charge in [0.15, 0.2) is 5.82 Å². The lowest BCUT2D eigenvalue weighted by atomic mass is 10.2. The second-order valence-corrected chi connectivity index (χ2v) is 5.49. The predicted octanol–water partition coefficient (Wildman–Crippen LogP) is 1.85. The molecule has 1 aliphatic heterocycles. The van der Waals surface area contributed by atoms with E-state index in [-0.39, 0.29) is 5.91 Å². The van der Waals surface area contributed by atoms with Crippen LogP contribution in [0.1, 0.15) is 5.56 Å². The van der Waals surface area contributed by atoms with Gasteiger partial charge in [0.2, 0.25) is 11.8 Å². The van der Waals surface area contributed by atoms with E-state index in [9.17, 15) is 4.79 Å². The molecule has 0 radical (unpaired) electrons. The summed E-state index contributed by atoms with van der Waals surface area (Å²) >= 11 is 0. The number of ether oxygens (including phenoxy) is 1. The highest BCUT2D eigenvalue weighted by molar-refractivity contribution is 5.91. The zero-order valence-corrected chi connectivity index (χ0v) is 13.6. The summed E-state index contributed by atoms with van der Waals surface area (Å²) in [6, 6.07) is 13.5. The van der Waals surface area contributed by atoms with Crippen molar-refractivity contribution in [1.29, 1.82) is 0 Å². The van der Waals surface area contributed by atoms with E-state index in [2.05, 4.69) is 15.1 Å². The van der Waals surface area contributed by atoms with E-state index in [4.69, 9.17) is 4.74 Å². The molecular weight excluding hydrogens is 304 g/mol. The number of aromatic nitrogens is 2. The van der Waals surface area contributed by atoms with Crippen LogP contribution in [0.2, 0.25) is 0 Å². The molecule has 0 aliphatic carbocycles. The average Bonchev–Trinajstić information content (AvgIpc) is 2.67. The SMILES string of the molecule is COc1ccc(N2CCN(C(=O)C=Cc3ccccc3)CC2)nn1. The molecule has 0 N–H and O–H groups in total. The van der Waals surface area contributed by atoms with Gasteiger partial charge in [-0.15, -0.1) is 10.2 Å². The monoisotopic (exact) mass is 324 g/mol. The minimum Gasteiger partial charge on any atom is -0.480 e. The van der Waals surface area contributed by atoms with Gasteiger partial charge >= 0.3 is 0 Å².